The maximum Gasteiger partial charge on any atom is 1.00 e. The van der Waals surface area contributed by atoms with Crippen molar-refractivity contribution in [1.29, 1.82) is 0 Å². The standard InChI is InChI=1S/2Na.H2O4S.H2O3S2.5H2O/c;;2*1-5(2,3)4;;;;;/h;;2*(H2,1,2,3,4);5*1H2/q2*+1;;;;;;;/p-2. The summed E-state index contributed by atoms with van der Waals surface area (Å²) in [5.74, 6) is 0. The van der Waals surface area contributed by atoms with E-state index in [9.17, 15) is 0 Å². The van der Waals surface area contributed by atoms with Crippen LogP contribution < -0.4 is 59.1 Å². The molecule has 0 aromatic rings. The molecule has 17 heteroatoms. The van der Waals surface area contributed by atoms with Gasteiger partial charge in [-0.3, -0.25) is 13.3 Å². The molecular formula is H12Na2O12S3. The van der Waals surface area contributed by atoms with E-state index in [4.69, 9.17) is 30.8 Å². The van der Waals surface area contributed by atoms with E-state index in [1.807, 2.05) is 0 Å². The van der Waals surface area contributed by atoms with Crippen LogP contribution in [0.3, 0.4) is 0 Å². The Balaban J connectivity index is -0.00000000762. The summed E-state index contributed by atoms with van der Waals surface area (Å²) in [7, 11) is -9.00. The van der Waals surface area contributed by atoms with Gasteiger partial charge in [0, 0.05) is 0 Å². The predicted octanol–water partition coefficient (Wildman–Crippen LogP) is -11.8. The average Bonchev–Trinajstić information content (AvgIpc) is 1.12. The van der Waals surface area contributed by atoms with Crippen LogP contribution in [0, 0.1) is 0 Å². The van der Waals surface area contributed by atoms with E-state index in [2.05, 4.69) is 11.2 Å². The van der Waals surface area contributed by atoms with Crippen molar-refractivity contribution in [2.24, 2.45) is 0 Å². The first-order valence-electron chi connectivity index (χ1n) is 1.37. The predicted molar refractivity (Wildman–Crippen MR) is 49.3 cm³/mol. The minimum Gasteiger partial charge on any atom is -0.780 e. The van der Waals surface area contributed by atoms with E-state index in [0.29, 0.717) is 0 Å². The molecule has 0 atom stereocenters. The Morgan fingerprint density at radius 1 is 0.765 bits per heavy atom. The molecule has 0 radical (unpaired) electrons. The molecule has 0 aromatic carbocycles. The summed E-state index contributed by atoms with van der Waals surface area (Å²) in [6.45, 7) is 0. The molecule has 0 saturated carbocycles. The Bertz CT molecular complexity index is 216. The second kappa shape index (κ2) is 26.5. The Labute approximate surface area is 146 Å². The van der Waals surface area contributed by atoms with E-state index in [1.54, 1.807) is 0 Å². The summed E-state index contributed by atoms with van der Waals surface area (Å²) in [6.07, 6.45) is 0. The first kappa shape index (κ1) is 61.6. The fourth-order valence-electron chi connectivity index (χ4n) is 0. The maximum absolute atomic E-state index is 8.89. The molecule has 0 rings (SSSR count). The van der Waals surface area contributed by atoms with Crippen LogP contribution in [0.5, 0.6) is 0 Å². The SMILES string of the molecule is O.O.O.O.O.O=S(=O)(O)O.O=S([O-])([O-])=S.[Na+].[Na+]. The van der Waals surface area contributed by atoms with Gasteiger partial charge in [0.2, 0.25) is 0 Å². The Kier molecular flexibility index (Phi) is 96.1. The first-order valence-corrected chi connectivity index (χ1v) is 5.10. The molecule has 12 N–H and O–H groups in total. The molecule has 0 fully saturated rings. The number of hydrogen-bond donors (Lipinski definition) is 2. The normalized spacial score (nSPS) is 6.82. The smallest absolute Gasteiger partial charge is 0.780 e. The summed E-state index contributed by atoms with van der Waals surface area (Å²) in [5.41, 5.74) is 0. The fraction of sp³-hybridized carbons (Fsp3) is 0. The van der Waals surface area contributed by atoms with Crippen molar-refractivity contribution >= 4 is 30.6 Å². The summed E-state index contributed by atoms with van der Waals surface area (Å²) in [5, 5.41) is 0. The molecule has 17 heavy (non-hydrogen) atoms. The van der Waals surface area contributed by atoms with Crippen molar-refractivity contribution < 1.29 is 117 Å². The molecular weight excluding hydrogens is 334 g/mol. The third kappa shape index (κ3) is 1190. The van der Waals surface area contributed by atoms with Gasteiger partial charge in [0.15, 0.2) is 0 Å². The topological polar surface area (TPSA) is 295 Å². The quantitative estimate of drug-likeness (QED) is 0.312. The minimum atomic E-state index is -4.67. The van der Waals surface area contributed by atoms with E-state index >= 15 is 0 Å². The van der Waals surface area contributed by atoms with Crippen LogP contribution in [0.4, 0.5) is 0 Å². The summed E-state index contributed by atoms with van der Waals surface area (Å²) in [6, 6.07) is 0. The second-order valence-electron chi connectivity index (χ2n) is 0.856. The molecule has 0 spiro atoms. The maximum atomic E-state index is 8.89. The monoisotopic (exact) mass is 346 g/mol. The summed E-state index contributed by atoms with van der Waals surface area (Å²) in [4.78, 5) is 0. The van der Waals surface area contributed by atoms with E-state index in [0.717, 1.165) is 0 Å². The Morgan fingerprint density at radius 2 is 0.765 bits per heavy atom. The van der Waals surface area contributed by atoms with Gasteiger partial charge in [-0.25, -0.2) is 0 Å². The molecule has 0 amide bonds. The van der Waals surface area contributed by atoms with Gasteiger partial charge in [0.25, 0.3) is 0 Å². The second-order valence-corrected chi connectivity index (χ2v) is 3.79. The van der Waals surface area contributed by atoms with Crippen molar-refractivity contribution in [2.45, 2.75) is 0 Å². The molecule has 0 aliphatic carbocycles. The van der Waals surface area contributed by atoms with Crippen LogP contribution in [-0.4, -0.2) is 58.2 Å². The van der Waals surface area contributed by atoms with Crippen molar-refractivity contribution in [1.82, 2.24) is 0 Å². The number of rotatable bonds is 0. The van der Waals surface area contributed by atoms with Crippen LogP contribution >= 0.6 is 0 Å². The zero-order valence-electron chi connectivity index (χ0n) is 8.66. The van der Waals surface area contributed by atoms with Gasteiger partial charge in [0.1, 0.15) is 0 Å². The van der Waals surface area contributed by atoms with E-state index in [1.165, 1.54) is 0 Å². The first-order chi connectivity index (χ1) is 4.00. The van der Waals surface area contributed by atoms with Gasteiger partial charge in [-0.2, -0.15) is 8.42 Å². The van der Waals surface area contributed by atoms with Gasteiger partial charge >= 0.3 is 69.5 Å². The Hall–Kier alpha value is 1.96. The molecule has 0 aliphatic rings. The molecule has 0 bridgehead atoms. The molecule has 0 aromatic heterocycles. The van der Waals surface area contributed by atoms with Gasteiger partial charge in [-0.05, 0) is 11.2 Å². The zero-order chi connectivity index (χ0) is 9.00. The molecule has 0 unspecified atom stereocenters. The third-order valence-electron chi connectivity index (χ3n) is 0. The molecule has 0 heterocycles. The van der Waals surface area contributed by atoms with E-state index in [-0.39, 0.29) is 86.5 Å². The summed E-state index contributed by atoms with van der Waals surface area (Å²) < 4.78 is 58.3. The summed E-state index contributed by atoms with van der Waals surface area (Å²) >= 11 is 3.24. The van der Waals surface area contributed by atoms with Crippen LogP contribution in [0.25, 0.3) is 0 Å². The molecule has 104 valence electrons. The van der Waals surface area contributed by atoms with Crippen molar-refractivity contribution in [3.8, 4) is 0 Å². The fourth-order valence-corrected chi connectivity index (χ4v) is 0. The third-order valence-corrected chi connectivity index (χ3v) is 0. The van der Waals surface area contributed by atoms with Gasteiger partial charge < -0.3 is 36.5 Å². The number of hydrogen-bond acceptors (Lipinski definition) is 6. The van der Waals surface area contributed by atoms with Gasteiger partial charge in [-0.1, -0.05) is 0 Å². The van der Waals surface area contributed by atoms with Crippen LogP contribution in [-0.2, 0) is 30.6 Å². The van der Waals surface area contributed by atoms with Crippen molar-refractivity contribution in [2.75, 3.05) is 0 Å². The average molecular weight is 346 g/mol. The van der Waals surface area contributed by atoms with Crippen LogP contribution in [0.2, 0.25) is 0 Å². The van der Waals surface area contributed by atoms with Gasteiger partial charge in [0.05, 0.1) is 0 Å². The van der Waals surface area contributed by atoms with Crippen molar-refractivity contribution in [3.63, 3.8) is 0 Å². The van der Waals surface area contributed by atoms with Crippen molar-refractivity contribution in [3.05, 3.63) is 0 Å². The minimum absolute atomic E-state index is 0. The molecule has 0 aliphatic heterocycles. The zero-order valence-corrected chi connectivity index (χ0v) is 15.1. The van der Waals surface area contributed by atoms with Crippen LogP contribution in [0.1, 0.15) is 0 Å². The molecule has 12 nitrogen and oxygen atoms in total. The van der Waals surface area contributed by atoms with E-state index < -0.39 is 19.5 Å². The Morgan fingerprint density at radius 3 is 0.765 bits per heavy atom. The van der Waals surface area contributed by atoms with Crippen LogP contribution in [0.15, 0.2) is 0 Å². The molecule has 0 saturated heterocycles. The largest absolute Gasteiger partial charge is 1.00 e. The van der Waals surface area contributed by atoms with Gasteiger partial charge in [-0.15, -0.1) is 9.05 Å².